The maximum Gasteiger partial charge on any atom is 0.343 e. The van der Waals surface area contributed by atoms with Crippen LogP contribution in [0.1, 0.15) is 72.1 Å². The molecule has 2 aromatic carbocycles. The molecule has 226 valence electrons. The number of ether oxygens (including phenoxy) is 6. The van der Waals surface area contributed by atoms with Gasteiger partial charge in [-0.15, -0.1) is 0 Å². The molecule has 2 aliphatic carbocycles. The van der Waals surface area contributed by atoms with E-state index in [4.69, 9.17) is 18.9 Å². The van der Waals surface area contributed by atoms with Crippen molar-refractivity contribution >= 4 is 23.9 Å². The number of benzene rings is 2. The molecular formula is C32H38O10. The van der Waals surface area contributed by atoms with Crippen LogP contribution in [0.4, 0.5) is 0 Å². The monoisotopic (exact) mass is 582 g/mol. The molecule has 0 saturated heterocycles. The molecule has 0 bridgehead atoms. The third-order valence-corrected chi connectivity index (χ3v) is 8.00. The summed E-state index contributed by atoms with van der Waals surface area (Å²) in [5.74, 6) is 0.442. The van der Waals surface area contributed by atoms with Gasteiger partial charge in [0.05, 0.1) is 25.3 Å². The molecule has 2 aliphatic rings. The van der Waals surface area contributed by atoms with Gasteiger partial charge in [0, 0.05) is 0 Å². The maximum atomic E-state index is 12.6. The predicted octanol–water partition coefficient (Wildman–Crippen LogP) is 4.92. The van der Waals surface area contributed by atoms with Crippen LogP contribution >= 0.6 is 0 Å². The van der Waals surface area contributed by atoms with E-state index in [1.54, 1.807) is 48.5 Å². The van der Waals surface area contributed by atoms with Crippen molar-refractivity contribution < 1.29 is 47.6 Å². The van der Waals surface area contributed by atoms with E-state index in [0.717, 1.165) is 51.4 Å². The summed E-state index contributed by atoms with van der Waals surface area (Å²) in [4.78, 5) is 47.7. The van der Waals surface area contributed by atoms with Gasteiger partial charge < -0.3 is 28.4 Å². The first-order chi connectivity index (χ1) is 20.3. The van der Waals surface area contributed by atoms with E-state index < -0.39 is 11.9 Å². The molecule has 10 nitrogen and oxygen atoms in total. The average Bonchev–Trinajstić information content (AvgIpc) is 3.03. The van der Waals surface area contributed by atoms with E-state index in [2.05, 4.69) is 9.47 Å². The van der Waals surface area contributed by atoms with Gasteiger partial charge in [0.15, 0.2) is 13.2 Å². The number of carbonyl (C=O) groups is 4. The highest BCUT2D eigenvalue weighted by molar-refractivity contribution is 5.90. The fourth-order valence-electron chi connectivity index (χ4n) is 5.57. The Balaban J connectivity index is 1.14. The highest BCUT2D eigenvalue weighted by Gasteiger charge is 2.33. The lowest BCUT2D eigenvalue weighted by Crippen LogP contribution is -2.32. The van der Waals surface area contributed by atoms with Gasteiger partial charge >= 0.3 is 23.9 Å². The van der Waals surface area contributed by atoms with Gasteiger partial charge in [0.1, 0.15) is 23.7 Å². The van der Waals surface area contributed by atoms with Gasteiger partial charge in [0.25, 0.3) is 0 Å². The van der Waals surface area contributed by atoms with E-state index in [0.29, 0.717) is 34.5 Å². The average molecular weight is 583 g/mol. The van der Waals surface area contributed by atoms with E-state index in [9.17, 15) is 19.2 Å². The van der Waals surface area contributed by atoms with Crippen LogP contribution in [0.5, 0.6) is 11.5 Å². The summed E-state index contributed by atoms with van der Waals surface area (Å²) < 4.78 is 31.3. The minimum atomic E-state index is -0.477. The van der Waals surface area contributed by atoms with Crippen molar-refractivity contribution in [1.29, 1.82) is 0 Å². The summed E-state index contributed by atoms with van der Waals surface area (Å²) in [6.45, 7) is -0.383. The molecule has 0 heterocycles. The number of carbonyl (C=O) groups excluding carboxylic acids is 4. The number of hydrogen-bond acceptors (Lipinski definition) is 10. The van der Waals surface area contributed by atoms with Crippen LogP contribution in [0.25, 0.3) is 0 Å². The van der Waals surface area contributed by atoms with Gasteiger partial charge in [-0.1, -0.05) is 0 Å². The third kappa shape index (κ3) is 8.96. The van der Waals surface area contributed by atoms with Crippen LogP contribution in [0.3, 0.4) is 0 Å². The second-order valence-electron chi connectivity index (χ2n) is 10.7. The van der Waals surface area contributed by atoms with Gasteiger partial charge in [-0.25, -0.2) is 19.2 Å². The van der Waals surface area contributed by atoms with Crippen LogP contribution in [0.2, 0.25) is 0 Å². The second kappa shape index (κ2) is 15.2. The molecule has 4 rings (SSSR count). The highest BCUT2D eigenvalue weighted by atomic mass is 16.6. The Kier molecular flexibility index (Phi) is 11.2. The number of methoxy groups -OCH3 is 2. The summed E-state index contributed by atoms with van der Waals surface area (Å²) in [7, 11) is 2.58. The molecule has 0 spiro atoms. The van der Waals surface area contributed by atoms with Crippen LogP contribution in [0, 0.1) is 11.8 Å². The lowest BCUT2D eigenvalue weighted by atomic mass is 9.72. The van der Waals surface area contributed by atoms with Crippen LogP contribution in [0.15, 0.2) is 48.5 Å². The molecule has 42 heavy (non-hydrogen) atoms. The summed E-state index contributed by atoms with van der Waals surface area (Å²) in [6.07, 6.45) is 7.20. The van der Waals surface area contributed by atoms with E-state index in [1.807, 2.05) is 0 Å². The van der Waals surface area contributed by atoms with E-state index in [1.165, 1.54) is 14.2 Å². The molecule has 0 N–H and O–H groups in total. The minimum Gasteiger partial charge on any atom is -0.482 e. The normalized spacial score (nSPS) is 21.9. The molecule has 0 unspecified atom stereocenters. The Hall–Kier alpha value is -4.08. The molecule has 0 atom stereocenters. The first-order valence-corrected chi connectivity index (χ1v) is 14.4. The molecule has 0 amide bonds. The van der Waals surface area contributed by atoms with Gasteiger partial charge in [0.2, 0.25) is 0 Å². The van der Waals surface area contributed by atoms with Gasteiger partial charge in [-0.2, -0.15) is 0 Å². The molecular weight excluding hydrogens is 544 g/mol. The zero-order chi connectivity index (χ0) is 29.9. The second-order valence-corrected chi connectivity index (χ2v) is 10.7. The Morgan fingerprint density at radius 2 is 0.881 bits per heavy atom. The third-order valence-electron chi connectivity index (χ3n) is 8.00. The molecule has 10 heteroatoms. The fraction of sp³-hybridized carbons (Fsp3) is 0.500. The molecule has 2 aromatic rings. The maximum absolute atomic E-state index is 12.6. The quantitative estimate of drug-likeness (QED) is 0.266. The van der Waals surface area contributed by atoms with Crippen LogP contribution in [-0.2, 0) is 28.5 Å². The topological polar surface area (TPSA) is 124 Å². The molecule has 0 aliphatic heterocycles. The number of esters is 4. The van der Waals surface area contributed by atoms with E-state index in [-0.39, 0.29) is 37.4 Å². The van der Waals surface area contributed by atoms with Crippen molar-refractivity contribution in [3.8, 4) is 11.5 Å². The first-order valence-electron chi connectivity index (χ1n) is 14.4. The molecule has 0 aromatic heterocycles. The molecule has 2 saturated carbocycles. The van der Waals surface area contributed by atoms with Gasteiger partial charge in [-0.3, -0.25) is 0 Å². The van der Waals surface area contributed by atoms with Crippen molar-refractivity contribution in [1.82, 2.24) is 0 Å². The predicted molar refractivity (Wildman–Crippen MR) is 150 cm³/mol. The SMILES string of the molecule is COC(=O)COc1ccc(C(=O)OC2CCC(C3CCC(OC(=O)c4ccc(OCC(=O)OC)cc4)CC3)CC2)cc1. The Morgan fingerprint density at radius 3 is 1.19 bits per heavy atom. The summed E-state index contributed by atoms with van der Waals surface area (Å²) in [6, 6.07) is 13.0. The number of rotatable bonds is 11. The van der Waals surface area contributed by atoms with Gasteiger partial charge in [-0.05, 0) is 112 Å². The zero-order valence-corrected chi connectivity index (χ0v) is 24.1. The molecule has 2 fully saturated rings. The minimum absolute atomic E-state index is 0.0986. The lowest BCUT2D eigenvalue weighted by Gasteiger charge is -2.37. The smallest absolute Gasteiger partial charge is 0.343 e. The number of hydrogen-bond donors (Lipinski definition) is 0. The van der Waals surface area contributed by atoms with Crippen molar-refractivity contribution in [2.24, 2.45) is 11.8 Å². The van der Waals surface area contributed by atoms with Crippen molar-refractivity contribution in [3.05, 3.63) is 59.7 Å². The Morgan fingerprint density at radius 1 is 0.548 bits per heavy atom. The van der Waals surface area contributed by atoms with Crippen molar-refractivity contribution in [2.45, 2.75) is 63.6 Å². The summed E-state index contributed by atoms with van der Waals surface area (Å²) >= 11 is 0. The van der Waals surface area contributed by atoms with Crippen molar-refractivity contribution in [3.63, 3.8) is 0 Å². The fourth-order valence-corrected chi connectivity index (χ4v) is 5.57. The van der Waals surface area contributed by atoms with Crippen molar-refractivity contribution in [2.75, 3.05) is 27.4 Å². The van der Waals surface area contributed by atoms with Crippen LogP contribution in [-0.4, -0.2) is 63.5 Å². The Labute approximate surface area is 245 Å². The first kappa shape index (κ1) is 30.9. The standard InChI is InChI=1S/C32H38O10/c1-37-29(33)19-39-25-11-7-23(8-12-25)31(35)41-27-15-3-21(4-16-27)22-5-17-28(18-6-22)42-32(36)24-9-13-26(14-10-24)40-20-30(34)38-2/h7-14,21-22,27-28H,3-6,15-20H2,1-2H3. The Bertz CT molecular complexity index is 1100. The molecule has 0 radical (unpaired) electrons. The lowest BCUT2D eigenvalue weighted by molar-refractivity contribution is -0.143. The summed E-state index contributed by atoms with van der Waals surface area (Å²) in [5.41, 5.74) is 0.886. The zero-order valence-electron chi connectivity index (χ0n) is 24.1. The van der Waals surface area contributed by atoms with E-state index >= 15 is 0 Å². The van der Waals surface area contributed by atoms with Crippen LogP contribution < -0.4 is 9.47 Å². The summed E-state index contributed by atoms with van der Waals surface area (Å²) in [5, 5.41) is 0. The largest absolute Gasteiger partial charge is 0.482 e. The highest BCUT2D eigenvalue weighted by Crippen LogP contribution is 2.40.